The lowest BCUT2D eigenvalue weighted by Crippen LogP contribution is -2.19. The van der Waals surface area contributed by atoms with Crippen molar-refractivity contribution in [2.24, 2.45) is 0 Å². The number of rotatable bonds is 5. The SMILES string of the molecule is Cc1nc(NCc2ccco2)[nH]c(=O)c1Cc1ccccc1. The van der Waals surface area contributed by atoms with Gasteiger partial charge in [0.25, 0.3) is 5.56 Å². The molecule has 0 radical (unpaired) electrons. The van der Waals surface area contributed by atoms with Gasteiger partial charge in [-0.15, -0.1) is 0 Å². The van der Waals surface area contributed by atoms with Crippen LogP contribution in [0, 0.1) is 6.92 Å². The second kappa shape index (κ2) is 6.30. The molecular weight excluding hydrogens is 278 g/mol. The number of nitrogens with zero attached hydrogens (tertiary/aromatic N) is 1. The number of benzene rings is 1. The summed E-state index contributed by atoms with van der Waals surface area (Å²) in [6.45, 7) is 2.33. The number of nitrogens with one attached hydrogen (secondary N) is 2. The summed E-state index contributed by atoms with van der Waals surface area (Å²) in [6, 6.07) is 13.6. The molecule has 0 saturated heterocycles. The van der Waals surface area contributed by atoms with E-state index >= 15 is 0 Å². The van der Waals surface area contributed by atoms with Gasteiger partial charge in [-0.3, -0.25) is 9.78 Å². The molecule has 1 aromatic carbocycles. The van der Waals surface area contributed by atoms with Crippen molar-refractivity contribution in [1.82, 2.24) is 9.97 Å². The Morgan fingerprint density at radius 2 is 2.00 bits per heavy atom. The van der Waals surface area contributed by atoms with Crippen molar-refractivity contribution in [1.29, 1.82) is 0 Å². The van der Waals surface area contributed by atoms with Crippen molar-refractivity contribution in [2.45, 2.75) is 19.9 Å². The topological polar surface area (TPSA) is 70.9 Å². The Kier molecular flexibility index (Phi) is 4.05. The van der Waals surface area contributed by atoms with E-state index in [2.05, 4.69) is 15.3 Å². The second-order valence-electron chi connectivity index (χ2n) is 5.07. The van der Waals surface area contributed by atoms with Crippen molar-refractivity contribution in [3.8, 4) is 0 Å². The number of aromatic amines is 1. The van der Waals surface area contributed by atoms with Crippen LogP contribution in [0.4, 0.5) is 5.95 Å². The van der Waals surface area contributed by atoms with E-state index in [9.17, 15) is 4.79 Å². The zero-order valence-corrected chi connectivity index (χ0v) is 12.3. The zero-order chi connectivity index (χ0) is 15.4. The highest BCUT2D eigenvalue weighted by Gasteiger charge is 2.09. The first kappa shape index (κ1) is 14.1. The molecule has 0 amide bonds. The van der Waals surface area contributed by atoms with Crippen molar-refractivity contribution >= 4 is 5.95 Å². The van der Waals surface area contributed by atoms with Crippen LogP contribution in [0.2, 0.25) is 0 Å². The summed E-state index contributed by atoms with van der Waals surface area (Å²) in [7, 11) is 0. The molecule has 2 N–H and O–H groups in total. The van der Waals surface area contributed by atoms with E-state index in [1.165, 1.54) is 0 Å². The molecule has 3 rings (SSSR count). The van der Waals surface area contributed by atoms with Crippen molar-refractivity contribution in [3.05, 3.63) is 81.7 Å². The Balaban J connectivity index is 1.77. The molecule has 0 aliphatic heterocycles. The van der Waals surface area contributed by atoms with Crippen LogP contribution in [0.1, 0.15) is 22.6 Å². The van der Waals surface area contributed by atoms with Crippen LogP contribution in [0.15, 0.2) is 57.9 Å². The maximum atomic E-state index is 12.3. The average molecular weight is 295 g/mol. The van der Waals surface area contributed by atoms with Gasteiger partial charge in [-0.05, 0) is 24.6 Å². The number of aromatic nitrogens is 2. The van der Waals surface area contributed by atoms with E-state index in [0.29, 0.717) is 24.5 Å². The number of aryl methyl sites for hydroxylation is 1. The molecule has 112 valence electrons. The molecule has 5 heteroatoms. The van der Waals surface area contributed by atoms with E-state index in [1.54, 1.807) is 6.26 Å². The van der Waals surface area contributed by atoms with Crippen LogP contribution < -0.4 is 10.9 Å². The van der Waals surface area contributed by atoms with Crippen molar-refractivity contribution in [2.75, 3.05) is 5.32 Å². The van der Waals surface area contributed by atoms with Crippen LogP contribution in [-0.2, 0) is 13.0 Å². The van der Waals surface area contributed by atoms with E-state index in [0.717, 1.165) is 17.0 Å². The van der Waals surface area contributed by atoms with E-state index in [-0.39, 0.29) is 5.56 Å². The first-order valence-electron chi connectivity index (χ1n) is 7.12. The summed E-state index contributed by atoms with van der Waals surface area (Å²) in [6.07, 6.45) is 2.19. The molecule has 0 aliphatic carbocycles. The van der Waals surface area contributed by atoms with Gasteiger partial charge in [0.1, 0.15) is 5.76 Å². The third-order valence-corrected chi connectivity index (χ3v) is 3.46. The zero-order valence-electron chi connectivity index (χ0n) is 12.3. The predicted molar refractivity (Wildman–Crippen MR) is 84.9 cm³/mol. The Morgan fingerprint density at radius 1 is 1.18 bits per heavy atom. The first-order chi connectivity index (χ1) is 10.7. The molecule has 0 bridgehead atoms. The fourth-order valence-corrected chi connectivity index (χ4v) is 2.29. The largest absolute Gasteiger partial charge is 0.467 e. The van der Waals surface area contributed by atoms with Crippen molar-refractivity contribution in [3.63, 3.8) is 0 Å². The quantitative estimate of drug-likeness (QED) is 0.759. The summed E-state index contributed by atoms with van der Waals surface area (Å²) < 4.78 is 5.24. The highest BCUT2D eigenvalue weighted by molar-refractivity contribution is 5.33. The highest BCUT2D eigenvalue weighted by atomic mass is 16.3. The lowest BCUT2D eigenvalue weighted by Gasteiger charge is -2.08. The lowest BCUT2D eigenvalue weighted by molar-refractivity contribution is 0.517. The number of H-pyrrole nitrogens is 1. The van der Waals surface area contributed by atoms with E-state index in [4.69, 9.17) is 4.42 Å². The summed E-state index contributed by atoms with van der Waals surface area (Å²) in [5, 5.41) is 3.06. The van der Waals surface area contributed by atoms with Crippen LogP contribution >= 0.6 is 0 Å². The summed E-state index contributed by atoms with van der Waals surface area (Å²) >= 11 is 0. The predicted octanol–water partition coefficient (Wildman–Crippen LogP) is 2.87. The highest BCUT2D eigenvalue weighted by Crippen LogP contribution is 2.10. The number of hydrogen-bond donors (Lipinski definition) is 2. The molecule has 22 heavy (non-hydrogen) atoms. The number of furan rings is 1. The van der Waals surface area contributed by atoms with Gasteiger partial charge in [0.15, 0.2) is 0 Å². The fourth-order valence-electron chi connectivity index (χ4n) is 2.29. The van der Waals surface area contributed by atoms with E-state index < -0.39 is 0 Å². The van der Waals surface area contributed by atoms with Gasteiger partial charge in [0.2, 0.25) is 5.95 Å². The first-order valence-corrected chi connectivity index (χ1v) is 7.12. The third kappa shape index (κ3) is 3.25. The Labute approximate surface area is 128 Å². The molecule has 2 heterocycles. The Morgan fingerprint density at radius 3 is 2.68 bits per heavy atom. The minimum atomic E-state index is -0.113. The monoisotopic (exact) mass is 295 g/mol. The third-order valence-electron chi connectivity index (χ3n) is 3.46. The molecule has 3 aromatic rings. The molecule has 2 aromatic heterocycles. The molecule has 0 unspecified atom stereocenters. The molecule has 0 aliphatic rings. The van der Waals surface area contributed by atoms with Gasteiger partial charge in [-0.1, -0.05) is 30.3 Å². The van der Waals surface area contributed by atoms with Gasteiger partial charge < -0.3 is 9.73 Å². The van der Waals surface area contributed by atoms with Gasteiger partial charge in [-0.25, -0.2) is 4.98 Å². The van der Waals surface area contributed by atoms with Gasteiger partial charge >= 0.3 is 0 Å². The van der Waals surface area contributed by atoms with Crippen LogP contribution in [0.25, 0.3) is 0 Å². The molecule has 0 atom stereocenters. The van der Waals surface area contributed by atoms with Gasteiger partial charge in [0.05, 0.1) is 18.5 Å². The summed E-state index contributed by atoms with van der Waals surface area (Å²) in [5.41, 5.74) is 2.40. The van der Waals surface area contributed by atoms with Crippen LogP contribution in [0.3, 0.4) is 0 Å². The fraction of sp³-hybridized carbons (Fsp3) is 0.176. The average Bonchev–Trinajstić information content (AvgIpc) is 3.03. The lowest BCUT2D eigenvalue weighted by atomic mass is 10.1. The minimum Gasteiger partial charge on any atom is -0.467 e. The Hall–Kier alpha value is -2.82. The maximum Gasteiger partial charge on any atom is 0.256 e. The maximum absolute atomic E-state index is 12.3. The Bertz CT molecular complexity index is 793. The smallest absolute Gasteiger partial charge is 0.256 e. The normalized spacial score (nSPS) is 10.6. The molecule has 0 fully saturated rings. The van der Waals surface area contributed by atoms with Crippen LogP contribution in [-0.4, -0.2) is 9.97 Å². The minimum absolute atomic E-state index is 0.113. The molecular formula is C17H17N3O2. The van der Waals surface area contributed by atoms with Crippen molar-refractivity contribution < 1.29 is 4.42 Å². The number of hydrogen-bond acceptors (Lipinski definition) is 4. The second-order valence-corrected chi connectivity index (χ2v) is 5.07. The summed E-state index contributed by atoms with van der Waals surface area (Å²) in [5.74, 6) is 1.24. The standard InChI is InChI=1S/C17H17N3O2/c1-12-15(10-13-6-3-2-4-7-13)16(21)20-17(19-12)18-11-14-8-5-9-22-14/h2-9H,10-11H2,1H3,(H2,18,19,20,21). The van der Waals surface area contributed by atoms with E-state index in [1.807, 2.05) is 49.4 Å². The molecule has 0 saturated carbocycles. The van der Waals surface area contributed by atoms with Crippen LogP contribution in [0.5, 0.6) is 0 Å². The van der Waals surface area contributed by atoms with Gasteiger partial charge in [0, 0.05) is 12.0 Å². The molecule has 0 spiro atoms. The summed E-state index contributed by atoms with van der Waals surface area (Å²) in [4.78, 5) is 19.5. The number of anilines is 1. The van der Waals surface area contributed by atoms with Gasteiger partial charge in [-0.2, -0.15) is 0 Å². The molecule has 5 nitrogen and oxygen atoms in total.